The van der Waals surface area contributed by atoms with Crippen molar-refractivity contribution >= 4 is 11.8 Å². The molecular weight excluding hydrogens is 331 g/mol. The maximum atomic E-state index is 14.0. The van der Waals surface area contributed by atoms with Crippen molar-refractivity contribution in [3.8, 4) is 0 Å². The van der Waals surface area contributed by atoms with Gasteiger partial charge < -0.3 is 4.74 Å². The van der Waals surface area contributed by atoms with Gasteiger partial charge in [0.1, 0.15) is 11.0 Å². The molecule has 0 radical (unpaired) electrons. The van der Waals surface area contributed by atoms with Gasteiger partial charge in [-0.15, -0.1) is 0 Å². The van der Waals surface area contributed by atoms with Crippen molar-refractivity contribution < 1.29 is 22.7 Å². The standard InChI is InChI=1S/C19H18F3NO2/c20-19(21,22)17-10-9-14-12-7-4-8-13(12)15(17)18(14,17)25-16(24)23-11-5-2-1-3-6-11/h1-3,5-6,9-10,12-15H,4,7-8H2,(H,23,24)/t12-,13?,14?,15?,17?,18?/m0/s1. The number of benzene rings is 1. The second-order valence-electron chi connectivity index (χ2n) is 7.66. The summed E-state index contributed by atoms with van der Waals surface area (Å²) >= 11 is 0. The number of hydrogen-bond donors (Lipinski definition) is 1. The van der Waals surface area contributed by atoms with E-state index in [1.165, 1.54) is 6.08 Å². The Morgan fingerprint density at radius 3 is 2.60 bits per heavy atom. The van der Waals surface area contributed by atoms with Gasteiger partial charge in [-0.3, -0.25) is 5.32 Å². The molecule has 3 saturated carbocycles. The topological polar surface area (TPSA) is 38.3 Å². The Morgan fingerprint density at radius 1 is 1.16 bits per heavy atom. The van der Waals surface area contributed by atoms with Crippen LogP contribution in [0.25, 0.3) is 0 Å². The molecule has 5 rings (SSSR count). The Labute approximate surface area is 143 Å². The minimum atomic E-state index is -4.40. The first-order valence-corrected chi connectivity index (χ1v) is 8.73. The van der Waals surface area contributed by atoms with Crippen molar-refractivity contribution in [2.75, 3.05) is 5.32 Å². The Morgan fingerprint density at radius 2 is 1.88 bits per heavy atom. The molecule has 0 saturated heterocycles. The highest BCUT2D eigenvalue weighted by molar-refractivity contribution is 5.85. The summed E-state index contributed by atoms with van der Waals surface area (Å²) in [5, 5.41) is 2.57. The highest BCUT2D eigenvalue weighted by Crippen LogP contribution is 2.87. The van der Waals surface area contributed by atoms with Crippen LogP contribution in [-0.2, 0) is 4.74 Å². The summed E-state index contributed by atoms with van der Waals surface area (Å²) in [7, 11) is 0. The number of halogens is 3. The van der Waals surface area contributed by atoms with Gasteiger partial charge in [-0.25, -0.2) is 4.79 Å². The smallest absolute Gasteiger partial charge is 0.412 e. The first kappa shape index (κ1) is 15.3. The molecule has 1 amide bonds. The Hall–Kier alpha value is -1.98. The van der Waals surface area contributed by atoms with Crippen molar-refractivity contribution in [1.82, 2.24) is 0 Å². The van der Waals surface area contributed by atoms with Gasteiger partial charge in [0.2, 0.25) is 0 Å². The first-order valence-electron chi connectivity index (χ1n) is 8.73. The minimum Gasteiger partial charge on any atom is -0.440 e. The maximum Gasteiger partial charge on any atom is 0.412 e. The number of rotatable bonds is 2. The molecule has 3 nitrogen and oxygen atoms in total. The third-order valence-electron chi connectivity index (χ3n) is 6.84. The fourth-order valence-electron chi connectivity index (χ4n) is 6.16. The lowest BCUT2D eigenvalue weighted by atomic mass is 9.82. The molecule has 0 spiro atoms. The van der Waals surface area contributed by atoms with Crippen LogP contribution in [0.15, 0.2) is 42.5 Å². The fraction of sp³-hybridized carbons (Fsp3) is 0.526. The van der Waals surface area contributed by atoms with Crippen LogP contribution in [0.2, 0.25) is 0 Å². The summed E-state index contributed by atoms with van der Waals surface area (Å²) in [6.45, 7) is 0. The van der Waals surface area contributed by atoms with E-state index in [0.29, 0.717) is 5.69 Å². The molecule has 4 aliphatic rings. The molecule has 0 aromatic heterocycles. The van der Waals surface area contributed by atoms with E-state index in [0.717, 1.165) is 19.3 Å². The molecule has 5 unspecified atom stereocenters. The van der Waals surface area contributed by atoms with Gasteiger partial charge in [-0.05, 0) is 36.8 Å². The lowest BCUT2D eigenvalue weighted by Gasteiger charge is -2.29. The van der Waals surface area contributed by atoms with E-state index < -0.39 is 29.2 Å². The average molecular weight is 349 g/mol. The van der Waals surface area contributed by atoms with Crippen LogP contribution in [0.4, 0.5) is 23.7 Å². The molecule has 0 bridgehead atoms. The van der Waals surface area contributed by atoms with E-state index in [2.05, 4.69) is 5.32 Å². The van der Waals surface area contributed by atoms with Gasteiger partial charge in [0.05, 0.1) is 0 Å². The van der Waals surface area contributed by atoms with Gasteiger partial charge in [0, 0.05) is 17.5 Å². The summed E-state index contributed by atoms with van der Waals surface area (Å²) in [6, 6.07) is 8.65. The zero-order valence-corrected chi connectivity index (χ0v) is 13.4. The van der Waals surface area contributed by atoms with E-state index in [4.69, 9.17) is 4.74 Å². The SMILES string of the molecule is O=C(Nc1ccccc1)OC12C3C=CC1(C(F)(F)F)C2C1CCC[C@@H]13. The zero-order chi connectivity index (χ0) is 17.4. The van der Waals surface area contributed by atoms with E-state index in [9.17, 15) is 18.0 Å². The highest BCUT2D eigenvalue weighted by atomic mass is 19.4. The van der Waals surface area contributed by atoms with Crippen LogP contribution in [-0.4, -0.2) is 17.9 Å². The van der Waals surface area contributed by atoms with E-state index in [1.807, 2.05) is 0 Å². The summed E-state index contributed by atoms with van der Waals surface area (Å²) in [5.41, 5.74) is -2.90. The quantitative estimate of drug-likeness (QED) is 0.781. The van der Waals surface area contributed by atoms with Crippen molar-refractivity contribution in [1.29, 1.82) is 0 Å². The summed E-state index contributed by atoms with van der Waals surface area (Å²) in [6.07, 6.45) is 0.453. The van der Waals surface area contributed by atoms with Gasteiger partial charge in [-0.2, -0.15) is 13.2 Å². The molecule has 6 heteroatoms. The largest absolute Gasteiger partial charge is 0.440 e. The average Bonchev–Trinajstić information content (AvgIpc) is 2.85. The monoisotopic (exact) mass is 349 g/mol. The number of ether oxygens (including phenoxy) is 1. The minimum absolute atomic E-state index is 0.00569. The lowest BCUT2D eigenvalue weighted by molar-refractivity contribution is -0.197. The number of carbonyl (C=O) groups is 1. The summed E-state index contributed by atoms with van der Waals surface area (Å²) < 4.78 is 47.5. The number of para-hydroxylation sites is 1. The molecule has 132 valence electrons. The van der Waals surface area contributed by atoms with Gasteiger partial charge in [-0.1, -0.05) is 36.8 Å². The number of alkyl halides is 3. The summed E-state index contributed by atoms with van der Waals surface area (Å²) in [5.74, 6) is -0.716. The molecule has 1 aromatic carbocycles. The lowest BCUT2D eigenvalue weighted by Crippen LogP contribution is -2.40. The van der Waals surface area contributed by atoms with E-state index in [-0.39, 0.29) is 17.8 Å². The van der Waals surface area contributed by atoms with Crippen molar-refractivity contribution in [2.24, 2.45) is 29.1 Å². The Balaban J connectivity index is 1.46. The predicted octanol–water partition coefficient (Wildman–Crippen LogP) is 4.77. The molecule has 1 N–H and O–H groups in total. The van der Waals surface area contributed by atoms with Crippen molar-refractivity contribution in [3.05, 3.63) is 42.5 Å². The molecule has 25 heavy (non-hydrogen) atoms. The van der Waals surface area contributed by atoms with E-state index >= 15 is 0 Å². The number of fused-ring (bicyclic) bond motifs is 4. The molecule has 6 atom stereocenters. The second-order valence-corrected chi connectivity index (χ2v) is 7.66. The first-order chi connectivity index (χ1) is 11.9. The molecule has 3 fully saturated rings. The number of carbonyl (C=O) groups excluding carboxylic acids is 1. The number of hydrogen-bond acceptors (Lipinski definition) is 2. The van der Waals surface area contributed by atoms with Gasteiger partial charge in [0.25, 0.3) is 0 Å². The van der Waals surface area contributed by atoms with Gasteiger partial charge in [0.15, 0.2) is 0 Å². The Bertz CT molecular complexity index is 762. The molecule has 0 heterocycles. The van der Waals surface area contributed by atoms with Crippen LogP contribution >= 0.6 is 0 Å². The van der Waals surface area contributed by atoms with Crippen LogP contribution < -0.4 is 5.32 Å². The number of anilines is 1. The van der Waals surface area contributed by atoms with E-state index in [1.54, 1.807) is 36.4 Å². The zero-order valence-electron chi connectivity index (χ0n) is 13.4. The van der Waals surface area contributed by atoms with Crippen LogP contribution in [0.1, 0.15) is 19.3 Å². The van der Waals surface area contributed by atoms with Crippen molar-refractivity contribution in [3.63, 3.8) is 0 Å². The molecule has 1 aromatic rings. The van der Waals surface area contributed by atoms with Crippen LogP contribution in [0, 0.1) is 29.1 Å². The fourth-order valence-corrected chi connectivity index (χ4v) is 6.16. The second kappa shape index (κ2) is 4.59. The molecular formula is C19H18F3NO2. The number of amides is 1. The number of nitrogens with one attached hydrogen (secondary N) is 1. The van der Waals surface area contributed by atoms with Crippen LogP contribution in [0.3, 0.4) is 0 Å². The highest BCUT2D eigenvalue weighted by Gasteiger charge is 2.97. The normalized spacial score (nSPS) is 42.8. The maximum absolute atomic E-state index is 14.0. The third kappa shape index (κ3) is 1.66. The van der Waals surface area contributed by atoms with Gasteiger partial charge >= 0.3 is 12.3 Å². The predicted molar refractivity (Wildman–Crippen MR) is 84.7 cm³/mol. The molecule has 4 aliphatic carbocycles. The van der Waals surface area contributed by atoms with Crippen LogP contribution in [0.5, 0.6) is 0 Å². The van der Waals surface area contributed by atoms with Crippen molar-refractivity contribution in [2.45, 2.75) is 31.0 Å². The third-order valence-corrected chi connectivity index (χ3v) is 6.84. The summed E-state index contributed by atoms with van der Waals surface area (Å²) in [4.78, 5) is 12.4. The molecule has 0 aliphatic heterocycles. The Kier molecular flexibility index (Phi) is 2.81.